The lowest BCUT2D eigenvalue weighted by atomic mass is 10.1. The van der Waals surface area contributed by atoms with Gasteiger partial charge in [-0.2, -0.15) is 0 Å². The number of ketones is 1. The van der Waals surface area contributed by atoms with Crippen molar-refractivity contribution in [2.45, 2.75) is 27.0 Å². The number of allylic oxidation sites excluding steroid dienone is 1. The van der Waals surface area contributed by atoms with Gasteiger partial charge in [0, 0.05) is 34.8 Å². The molecule has 6 heteroatoms. The Balaban J connectivity index is 1.43. The van der Waals surface area contributed by atoms with E-state index in [-0.39, 0.29) is 5.78 Å². The molecule has 4 aromatic rings. The van der Waals surface area contributed by atoms with Crippen LogP contribution in [0.2, 0.25) is 10.0 Å². The maximum Gasteiger partial charge on any atom is 0.231 e. The van der Waals surface area contributed by atoms with Crippen LogP contribution in [0.15, 0.2) is 66.6 Å². The maximum atomic E-state index is 13.1. The first-order valence-electron chi connectivity index (χ1n) is 10.7. The number of para-hydroxylation sites is 1. The minimum Gasteiger partial charge on any atom is -0.488 e. The number of aryl methyl sites for hydroxylation is 1. The summed E-state index contributed by atoms with van der Waals surface area (Å²) in [5, 5.41) is 2.07. The lowest BCUT2D eigenvalue weighted by Gasteiger charge is -2.12. The van der Waals surface area contributed by atoms with Crippen LogP contribution in [0.5, 0.6) is 11.5 Å². The van der Waals surface area contributed by atoms with E-state index in [0.29, 0.717) is 39.5 Å². The summed E-state index contributed by atoms with van der Waals surface area (Å²) < 4.78 is 14.2. The maximum absolute atomic E-state index is 13.1. The first-order valence-corrected chi connectivity index (χ1v) is 11.4. The Labute approximate surface area is 202 Å². The van der Waals surface area contributed by atoms with Crippen LogP contribution in [0.3, 0.4) is 0 Å². The Kier molecular flexibility index (Phi) is 5.65. The Morgan fingerprint density at radius 2 is 1.88 bits per heavy atom. The summed E-state index contributed by atoms with van der Waals surface area (Å²) in [5.41, 5.74) is 4.30. The van der Waals surface area contributed by atoms with Crippen molar-refractivity contribution in [2.24, 2.45) is 0 Å². The quantitative estimate of drug-likeness (QED) is 0.280. The molecule has 2 heterocycles. The molecule has 0 aliphatic carbocycles. The number of carbonyl (C=O) groups excluding carboxylic acids is 1. The van der Waals surface area contributed by atoms with Crippen molar-refractivity contribution in [3.8, 4) is 11.5 Å². The Morgan fingerprint density at radius 3 is 2.67 bits per heavy atom. The van der Waals surface area contributed by atoms with E-state index in [0.717, 1.165) is 34.1 Å². The van der Waals surface area contributed by atoms with Gasteiger partial charge >= 0.3 is 0 Å². The fraction of sp³-hybridized carbons (Fsp3) is 0.148. The first kappa shape index (κ1) is 21.6. The summed E-state index contributed by atoms with van der Waals surface area (Å²) in [5.74, 6) is 1.37. The standard InChI is InChI=1S/C27H21Cl2NO3/c1-3-30-14-18(19-6-4-5-7-23(19)30)13-25-26(31)20-9-11-24(16(2)27(20)33-25)32-15-17-8-10-21(28)22(29)12-17/h4-14H,3,15H2,1-2H3. The molecule has 33 heavy (non-hydrogen) atoms. The Hall–Kier alpha value is -3.21. The predicted molar refractivity (Wildman–Crippen MR) is 133 cm³/mol. The molecule has 0 unspecified atom stereocenters. The number of hydrogen-bond acceptors (Lipinski definition) is 3. The molecule has 5 rings (SSSR count). The van der Waals surface area contributed by atoms with Gasteiger partial charge in [-0.1, -0.05) is 47.5 Å². The number of halogens is 2. The molecule has 0 fully saturated rings. The van der Waals surface area contributed by atoms with Crippen molar-refractivity contribution in [1.29, 1.82) is 0 Å². The van der Waals surface area contributed by atoms with Gasteiger partial charge in [0.1, 0.15) is 18.1 Å². The second kappa shape index (κ2) is 8.62. The number of Topliss-reactive ketones (excluding diaryl/α,β-unsaturated/α-hetero) is 1. The highest BCUT2D eigenvalue weighted by atomic mass is 35.5. The zero-order valence-corrected chi connectivity index (χ0v) is 19.7. The molecule has 0 saturated heterocycles. The number of carbonyl (C=O) groups is 1. The molecule has 3 aromatic carbocycles. The van der Waals surface area contributed by atoms with Crippen LogP contribution in [0.25, 0.3) is 17.0 Å². The summed E-state index contributed by atoms with van der Waals surface area (Å²) in [6.07, 6.45) is 3.88. The van der Waals surface area contributed by atoms with Crippen LogP contribution in [-0.2, 0) is 13.2 Å². The Morgan fingerprint density at radius 1 is 1.06 bits per heavy atom. The van der Waals surface area contributed by atoms with Crippen molar-refractivity contribution in [3.63, 3.8) is 0 Å². The van der Waals surface area contributed by atoms with E-state index in [9.17, 15) is 4.79 Å². The third kappa shape index (κ3) is 3.90. The fourth-order valence-electron chi connectivity index (χ4n) is 4.11. The summed E-state index contributed by atoms with van der Waals surface area (Å²) >= 11 is 12.1. The van der Waals surface area contributed by atoms with Gasteiger partial charge in [0.15, 0.2) is 5.76 Å². The van der Waals surface area contributed by atoms with Gasteiger partial charge < -0.3 is 14.0 Å². The molecule has 1 aliphatic rings. The van der Waals surface area contributed by atoms with Crippen LogP contribution in [0, 0.1) is 6.92 Å². The van der Waals surface area contributed by atoms with Crippen molar-refractivity contribution >= 4 is 46.0 Å². The van der Waals surface area contributed by atoms with Gasteiger partial charge in [-0.05, 0) is 55.8 Å². The normalized spacial score (nSPS) is 14.1. The minimum atomic E-state index is -0.127. The molecule has 0 radical (unpaired) electrons. The topological polar surface area (TPSA) is 40.5 Å². The lowest BCUT2D eigenvalue weighted by molar-refractivity contribution is 0.101. The van der Waals surface area contributed by atoms with Crippen molar-refractivity contribution in [3.05, 3.63) is 98.9 Å². The number of fused-ring (bicyclic) bond motifs is 2. The SMILES string of the molecule is CCn1cc(C=C2Oc3c(ccc(OCc4ccc(Cl)c(Cl)c4)c3C)C2=O)c2ccccc21. The van der Waals surface area contributed by atoms with Gasteiger partial charge in [0.25, 0.3) is 0 Å². The summed E-state index contributed by atoms with van der Waals surface area (Å²) in [6, 6.07) is 17.1. The largest absolute Gasteiger partial charge is 0.488 e. The van der Waals surface area contributed by atoms with Gasteiger partial charge in [-0.25, -0.2) is 0 Å². The molecule has 0 amide bonds. The fourth-order valence-corrected chi connectivity index (χ4v) is 4.43. The van der Waals surface area contributed by atoms with Crippen molar-refractivity contribution < 1.29 is 14.3 Å². The summed E-state index contributed by atoms with van der Waals surface area (Å²) in [7, 11) is 0. The van der Waals surface area contributed by atoms with E-state index < -0.39 is 0 Å². The smallest absolute Gasteiger partial charge is 0.231 e. The van der Waals surface area contributed by atoms with Gasteiger partial charge in [0.05, 0.1) is 15.6 Å². The van der Waals surface area contributed by atoms with Crippen LogP contribution in [0.4, 0.5) is 0 Å². The van der Waals surface area contributed by atoms with E-state index in [2.05, 4.69) is 29.8 Å². The van der Waals surface area contributed by atoms with Gasteiger partial charge in [-0.15, -0.1) is 0 Å². The highest BCUT2D eigenvalue weighted by Gasteiger charge is 2.30. The molecular weight excluding hydrogens is 457 g/mol. The highest BCUT2D eigenvalue weighted by Crippen LogP contribution is 2.40. The number of aromatic nitrogens is 1. The third-order valence-electron chi connectivity index (χ3n) is 5.86. The number of rotatable bonds is 5. The molecular formula is C27H21Cl2NO3. The predicted octanol–water partition coefficient (Wildman–Crippen LogP) is 7.47. The highest BCUT2D eigenvalue weighted by molar-refractivity contribution is 6.42. The van der Waals surface area contributed by atoms with Gasteiger partial charge in [-0.3, -0.25) is 4.79 Å². The molecule has 4 nitrogen and oxygen atoms in total. The molecule has 166 valence electrons. The molecule has 0 saturated carbocycles. The summed E-state index contributed by atoms with van der Waals surface area (Å²) in [4.78, 5) is 13.1. The zero-order chi connectivity index (χ0) is 23.1. The first-order chi connectivity index (χ1) is 16.0. The minimum absolute atomic E-state index is 0.127. The zero-order valence-electron chi connectivity index (χ0n) is 18.2. The number of hydrogen-bond donors (Lipinski definition) is 0. The van der Waals surface area contributed by atoms with Crippen LogP contribution in [0.1, 0.15) is 34.0 Å². The van der Waals surface area contributed by atoms with Crippen LogP contribution < -0.4 is 9.47 Å². The van der Waals surface area contributed by atoms with E-state index >= 15 is 0 Å². The average molecular weight is 478 g/mol. The molecule has 1 aromatic heterocycles. The average Bonchev–Trinajstić information content (AvgIpc) is 3.34. The van der Waals surface area contributed by atoms with Crippen molar-refractivity contribution in [1.82, 2.24) is 4.57 Å². The van der Waals surface area contributed by atoms with Crippen LogP contribution >= 0.6 is 23.2 Å². The Bertz CT molecular complexity index is 1440. The monoisotopic (exact) mass is 477 g/mol. The number of nitrogens with zero attached hydrogens (tertiary/aromatic N) is 1. The molecule has 1 aliphatic heterocycles. The van der Waals surface area contributed by atoms with E-state index in [4.69, 9.17) is 32.7 Å². The van der Waals surface area contributed by atoms with Crippen molar-refractivity contribution in [2.75, 3.05) is 0 Å². The third-order valence-corrected chi connectivity index (χ3v) is 6.60. The molecule has 0 atom stereocenters. The number of ether oxygens (including phenoxy) is 2. The lowest BCUT2D eigenvalue weighted by Crippen LogP contribution is -1.98. The van der Waals surface area contributed by atoms with Crippen LogP contribution in [-0.4, -0.2) is 10.4 Å². The molecule has 0 spiro atoms. The van der Waals surface area contributed by atoms with E-state index in [1.54, 1.807) is 24.3 Å². The summed E-state index contributed by atoms with van der Waals surface area (Å²) in [6.45, 7) is 5.16. The number of benzene rings is 3. The molecule has 0 bridgehead atoms. The second-order valence-electron chi connectivity index (χ2n) is 7.93. The second-order valence-corrected chi connectivity index (χ2v) is 8.74. The van der Waals surface area contributed by atoms with E-state index in [1.165, 1.54) is 0 Å². The van der Waals surface area contributed by atoms with E-state index in [1.807, 2.05) is 31.2 Å². The molecule has 0 N–H and O–H groups in total. The van der Waals surface area contributed by atoms with Gasteiger partial charge in [0.2, 0.25) is 5.78 Å².